The van der Waals surface area contributed by atoms with Gasteiger partial charge in [0.15, 0.2) is 6.10 Å². The Morgan fingerprint density at radius 1 is 1.08 bits per heavy atom. The Bertz CT molecular complexity index is 747. The van der Waals surface area contributed by atoms with Crippen LogP contribution >= 0.6 is 0 Å². The van der Waals surface area contributed by atoms with Crippen LogP contribution in [0.4, 0.5) is 10.1 Å². The molecule has 6 nitrogen and oxygen atoms in total. The molecule has 0 radical (unpaired) electrons. The first-order chi connectivity index (χ1) is 12.4. The van der Waals surface area contributed by atoms with E-state index in [0.717, 1.165) is 0 Å². The van der Waals surface area contributed by atoms with Crippen molar-refractivity contribution in [3.05, 3.63) is 54.3 Å². The molecule has 0 saturated heterocycles. The van der Waals surface area contributed by atoms with Gasteiger partial charge in [-0.1, -0.05) is 0 Å². The van der Waals surface area contributed by atoms with Gasteiger partial charge in [0.2, 0.25) is 5.91 Å². The van der Waals surface area contributed by atoms with E-state index >= 15 is 0 Å². The quantitative estimate of drug-likeness (QED) is 0.784. The van der Waals surface area contributed by atoms with Crippen LogP contribution in [0.25, 0.3) is 0 Å². The highest BCUT2D eigenvalue weighted by atomic mass is 19.1. The van der Waals surface area contributed by atoms with Crippen molar-refractivity contribution >= 4 is 17.5 Å². The second-order valence-electron chi connectivity index (χ2n) is 5.62. The lowest BCUT2D eigenvalue weighted by atomic mass is 10.2. The molecule has 138 valence electrons. The summed E-state index contributed by atoms with van der Waals surface area (Å²) in [5.74, 6) is -0.146. The van der Waals surface area contributed by atoms with Crippen LogP contribution in [-0.4, -0.2) is 31.6 Å². The topological polar surface area (TPSA) is 81.9 Å². The predicted molar refractivity (Wildman–Crippen MR) is 95.6 cm³/mol. The fourth-order valence-electron chi connectivity index (χ4n) is 2.34. The molecular weight excluding hydrogens is 339 g/mol. The summed E-state index contributed by atoms with van der Waals surface area (Å²) in [6, 6.07) is 12.2. The first-order valence-corrected chi connectivity index (χ1v) is 8.06. The van der Waals surface area contributed by atoms with Gasteiger partial charge in [0, 0.05) is 18.7 Å². The Balaban J connectivity index is 2.14. The molecule has 2 aromatic rings. The van der Waals surface area contributed by atoms with Crippen molar-refractivity contribution in [2.45, 2.75) is 19.4 Å². The van der Waals surface area contributed by atoms with Gasteiger partial charge in [-0.15, -0.1) is 0 Å². The number of ether oxygens (including phenoxy) is 2. The largest absolute Gasteiger partial charge is 0.497 e. The number of benzene rings is 2. The molecule has 0 aliphatic carbocycles. The van der Waals surface area contributed by atoms with Crippen molar-refractivity contribution in [2.24, 2.45) is 5.73 Å². The first kappa shape index (κ1) is 19.2. The fourth-order valence-corrected chi connectivity index (χ4v) is 2.34. The zero-order valence-corrected chi connectivity index (χ0v) is 14.6. The van der Waals surface area contributed by atoms with Gasteiger partial charge in [-0.2, -0.15) is 0 Å². The molecule has 2 rings (SSSR count). The zero-order valence-electron chi connectivity index (χ0n) is 14.6. The van der Waals surface area contributed by atoms with Gasteiger partial charge in [0.25, 0.3) is 5.91 Å². The van der Waals surface area contributed by atoms with Crippen molar-refractivity contribution < 1.29 is 23.5 Å². The standard InChI is InChI=1S/C19H21FN2O4/c1-13(26-17-9-7-16(25-2)8-10-17)19(24)22(12-11-18(21)23)15-5-3-14(20)4-6-15/h3-10,13H,11-12H2,1-2H3,(H2,21,23). The normalized spacial score (nSPS) is 11.5. The Morgan fingerprint density at radius 2 is 1.65 bits per heavy atom. The number of carbonyl (C=O) groups is 2. The van der Waals surface area contributed by atoms with Gasteiger partial charge < -0.3 is 20.1 Å². The molecule has 7 heteroatoms. The first-order valence-electron chi connectivity index (χ1n) is 8.06. The minimum atomic E-state index is -0.818. The van der Waals surface area contributed by atoms with E-state index in [-0.39, 0.29) is 18.9 Å². The maximum absolute atomic E-state index is 13.2. The van der Waals surface area contributed by atoms with Crippen molar-refractivity contribution in [1.29, 1.82) is 0 Å². The molecule has 1 atom stereocenters. The summed E-state index contributed by atoms with van der Waals surface area (Å²) in [7, 11) is 1.56. The van der Waals surface area contributed by atoms with Crippen molar-refractivity contribution in [1.82, 2.24) is 0 Å². The molecule has 2 N–H and O–H groups in total. The van der Waals surface area contributed by atoms with E-state index in [2.05, 4.69) is 0 Å². The monoisotopic (exact) mass is 360 g/mol. The van der Waals surface area contributed by atoms with Crippen molar-refractivity contribution in [3.8, 4) is 11.5 Å². The zero-order chi connectivity index (χ0) is 19.1. The van der Waals surface area contributed by atoms with Crippen LogP contribution in [0.1, 0.15) is 13.3 Å². The fraction of sp³-hybridized carbons (Fsp3) is 0.263. The minimum absolute atomic E-state index is 0.0155. The minimum Gasteiger partial charge on any atom is -0.497 e. The van der Waals surface area contributed by atoms with Crippen LogP contribution in [0.2, 0.25) is 0 Å². The number of primary amides is 1. The number of amides is 2. The number of hydrogen-bond donors (Lipinski definition) is 1. The average Bonchev–Trinajstić information content (AvgIpc) is 2.63. The van der Waals surface area contributed by atoms with Gasteiger partial charge in [0.05, 0.1) is 7.11 Å². The molecule has 26 heavy (non-hydrogen) atoms. The van der Waals surface area contributed by atoms with Crippen LogP contribution in [0, 0.1) is 5.82 Å². The number of rotatable bonds is 8. The molecular formula is C19H21FN2O4. The van der Waals surface area contributed by atoms with Gasteiger partial charge in [-0.25, -0.2) is 4.39 Å². The number of methoxy groups -OCH3 is 1. The van der Waals surface area contributed by atoms with Gasteiger partial charge in [-0.3, -0.25) is 9.59 Å². The Morgan fingerprint density at radius 3 is 2.19 bits per heavy atom. The van der Waals surface area contributed by atoms with Crippen LogP contribution in [0.15, 0.2) is 48.5 Å². The molecule has 0 bridgehead atoms. The van der Waals surface area contributed by atoms with Gasteiger partial charge >= 0.3 is 0 Å². The average molecular weight is 360 g/mol. The summed E-state index contributed by atoms with van der Waals surface area (Å²) in [5, 5.41) is 0. The molecule has 2 amide bonds. The van der Waals surface area contributed by atoms with Crippen molar-refractivity contribution in [3.63, 3.8) is 0 Å². The third kappa shape index (κ3) is 5.20. The Hall–Kier alpha value is -3.09. The SMILES string of the molecule is COc1ccc(OC(C)C(=O)N(CCC(N)=O)c2ccc(F)cc2)cc1. The number of halogens is 1. The van der Waals surface area contributed by atoms with E-state index in [1.165, 1.54) is 29.2 Å². The molecule has 0 aliphatic rings. The Kier molecular flexibility index (Phi) is 6.54. The second kappa shape index (κ2) is 8.84. The Labute approximate surface area is 151 Å². The maximum atomic E-state index is 13.2. The highest BCUT2D eigenvalue weighted by Gasteiger charge is 2.24. The van der Waals surface area contributed by atoms with Gasteiger partial charge in [0.1, 0.15) is 17.3 Å². The summed E-state index contributed by atoms with van der Waals surface area (Å²) in [6.45, 7) is 1.68. The summed E-state index contributed by atoms with van der Waals surface area (Å²) in [4.78, 5) is 25.3. The lowest BCUT2D eigenvalue weighted by Crippen LogP contribution is -2.42. The second-order valence-corrected chi connectivity index (χ2v) is 5.62. The molecule has 0 heterocycles. The maximum Gasteiger partial charge on any atom is 0.267 e. The van der Waals surface area contributed by atoms with Gasteiger partial charge in [-0.05, 0) is 55.5 Å². The van der Waals surface area contributed by atoms with Crippen LogP contribution in [-0.2, 0) is 9.59 Å². The number of nitrogens with zero attached hydrogens (tertiary/aromatic N) is 1. The number of carbonyl (C=O) groups excluding carboxylic acids is 2. The third-order valence-electron chi connectivity index (χ3n) is 3.71. The van der Waals surface area contributed by atoms with Crippen LogP contribution in [0.3, 0.4) is 0 Å². The highest BCUT2D eigenvalue weighted by Crippen LogP contribution is 2.21. The molecule has 1 unspecified atom stereocenters. The number of anilines is 1. The number of hydrogen-bond acceptors (Lipinski definition) is 4. The molecule has 0 fully saturated rings. The van der Waals surface area contributed by atoms with Crippen LogP contribution < -0.4 is 20.1 Å². The van der Waals surface area contributed by atoms with E-state index in [0.29, 0.717) is 17.2 Å². The lowest BCUT2D eigenvalue weighted by Gasteiger charge is -2.26. The smallest absolute Gasteiger partial charge is 0.267 e. The van der Waals surface area contributed by atoms with E-state index in [1.54, 1.807) is 38.3 Å². The summed E-state index contributed by atoms with van der Waals surface area (Å²) < 4.78 is 23.9. The van der Waals surface area contributed by atoms with E-state index in [4.69, 9.17) is 15.2 Å². The molecule has 0 saturated carbocycles. The van der Waals surface area contributed by atoms with E-state index in [1.807, 2.05) is 0 Å². The van der Waals surface area contributed by atoms with E-state index in [9.17, 15) is 14.0 Å². The predicted octanol–water partition coefficient (Wildman–Crippen LogP) is 2.51. The summed E-state index contributed by atoms with van der Waals surface area (Å²) in [5.41, 5.74) is 5.65. The van der Waals surface area contributed by atoms with Crippen LogP contribution in [0.5, 0.6) is 11.5 Å². The van der Waals surface area contributed by atoms with E-state index < -0.39 is 17.8 Å². The lowest BCUT2D eigenvalue weighted by molar-refractivity contribution is -0.124. The summed E-state index contributed by atoms with van der Waals surface area (Å²) in [6.07, 6.45) is -0.834. The number of nitrogens with two attached hydrogens (primary N) is 1. The molecule has 2 aromatic carbocycles. The van der Waals surface area contributed by atoms with Crippen molar-refractivity contribution in [2.75, 3.05) is 18.6 Å². The molecule has 0 spiro atoms. The summed E-state index contributed by atoms with van der Waals surface area (Å²) >= 11 is 0. The highest BCUT2D eigenvalue weighted by molar-refractivity contribution is 5.97. The molecule has 0 aromatic heterocycles. The molecule has 0 aliphatic heterocycles. The third-order valence-corrected chi connectivity index (χ3v) is 3.71.